The molecule has 7 heteroatoms. The largest absolute Gasteiger partial charge is 0.497 e. The molecule has 2 heterocycles. The monoisotopic (exact) mass is 422 g/mol. The SMILES string of the molecule is COc1cccc(Cc2nsc(N3CCN(C(=O)Cc4ccccc4)[C@H](C)C3)n2)c1. The highest BCUT2D eigenvalue weighted by atomic mass is 32.1. The number of hydrogen-bond donors (Lipinski definition) is 0. The number of amides is 1. The van der Waals surface area contributed by atoms with Crippen molar-refractivity contribution in [3.8, 4) is 5.75 Å². The zero-order valence-corrected chi connectivity index (χ0v) is 18.1. The van der Waals surface area contributed by atoms with E-state index in [4.69, 9.17) is 9.72 Å². The van der Waals surface area contributed by atoms with E-state index in [0.717, 1.165) is 40.9 Å². The molecule has 1 atom stereocenters. The molecular weight excluding hydrogens is 396 g/mol. The average molecular weight is 423 g/mol. The van der Waals surface area contributed by atoms with Crippen LogP contribution in [0.15, 0.2) is 54.6 Å². The average Bonchev–Trinajstić information content (AvgIpc) is 3.23. The molecular formula is C23H26N4O2S. The Morgan fingerprint density at radius 3 is 2.70 bits per heavy atom. The first-order valence-electron chi connectivity index (χ1n) is 10.2. The van der Waals surface area contributed by atoms with Gasteiger partial charge in [0.05, 0.1) is 13.5 Å². The van der Waals surface area contributed by atoms with E-state index in [1.165, 1.54) is 11.5 Å². The Morgan fingerprint density at radius 2 is 1.93 bits per heavy atom. The molecule has 1 fully saturated rings. The van der Waals surface area contributed by atoms with Gasteiger partial charge >= 0.3 is 0 Å². The van der Waals surface area contributed by atoms with Gasteiger partial charge in [-0.25, -0.2) is 4.98 Å². The van der Waals surface area contributed by atoms with Crippen LogP contribution in [0.5, 0.6) is 5.75 Å². The zero-order valence-electron chi connectivity index (χ0n) is 17.3. The van der Waals surface area contributed by atoms with Crippen molar-refractivity contribution in [3.63, 3.8) is 0 Å². The van der Waals surface area contributed by atoms with Gasteiger partial charge in [0.2, 0.25) is 11.0 Å². The molecule has 6 nitrogen and oxygen atoms in total. The van der Waals surface area contributed by atoms with Crippen LogP contribution in [0.2, 0.25) is 0 Å². The van der Waals surface area contributed by atoms with Crippen molar-refractivity contribution >= 4 is 22.6 Å². The molecule has 1 aromatic heterocycles. The molecule has 1 aliphatic heterocycles. The smallest absolute Gasteiger partial charge is 0.227 e. The molecule has 1 aliphatic rings. The van der Waals surface area contributed by atoms with E-state index in [-0.39, 0.29) is 11.9 Å². The number of methoxy groups -OCH3 is 1. The van der Waals surface area contributed by atoms with Crippen molar-refractivity contribution in [3.05, 3.63) is 71.5 Å². The molecule has 30 heavy (non-hydrogen) atoms. The molecule has 3 aromatic rings. The van der Waals surface area contributed by atoms with Crippen molar-refractivity contribution < 1.29 is 9.53 Å². The molecule has 1 saturated heterocycles. The number of carbonyl (C=O) groups is 1. The van der Waals surface area contributed by atoms with Gasteiger partial charge < -0.3 is 14.5 Å². The molecule has 2 aromatic carbocycles. The van der Waals surface area contributed by atoms with E-state index in [1.54, 1.807) is 7.11 Å². The minimum atomic E-state index is 0.140. The predicted molar refractivity (Wildman–Crippen MR) is 119 cm³/mol. The Morgan fingerprint density at radius 1 is 1.13 bits per heavy atom. The number of anilines is 1. The van der Waals surface area contributed by atoms with Crippen LogP contribution >= 0.6 is 11.5 Å². The van der Waals surface area contributed by atoms with Crippen molar-refractivity contribution in [1.82, 2.24) is 14.3 Å². The molecule has 0 bridgehead atoms. The summed E-state index contributed by atoms with van der Waals surface area (Å²) in [5, 5.41) is 0.926. The van der Waals surface area contributed by atoms with Gasteiger partial charge in [-0.1, -0.05) is 42.5 Å². The van der Waals surface area contributed by atoms with Gasteiger partial charge in [-0.15, -0.1) is 0 Å². The lowest BCUT2D eigenvalue weighted by Gasteiger charge is -2.39. The second-order valence-electron chi connectivity index (χ2n) is 7.57. The Labute approximate surface area is 181 Å². The fraction of sp³-hybridized carbons (Fsp3) is 0.348. The van der Waals surface area contributed by atoms with Crippen LogP contribution in [-0.4, -0.2) is 53.0 Å². The van der Waals surface area contributed by atoms with Crippen molar-refractivity contribution in [2.24, 2.45) is 0 Å². The molecule has 0 saturated carbocycles. The molecule has 1 amide bonds. The first kappa shape index (κ1) is 20.3. The summed E-state index contributed by atoms with van der Waals surface area (Å²) in [5.41, 5.74) is 2.19. The van der Waals surface area contributed by atoms with E-state index in [1.807, 2.05) is 53.4 Å². The van der Waals surface area contributed by atoms with Crippen molar-refractivity contribution in [2.45, 2.75) is 25.8 Å². The van der Waals surface area contributed by atoms with Crippen LogP contribution < -0.4 is 9.64 Å². The van der Waals surface area contributed by atoms with Gasteiger partial charge in [0.1, 0.15) is 11.6 Å². The van der Waals surface area contributed by atoms with Crippen LogP contribution in [0.1, 0.15) is 23.9 Å². The molecule has 0 radical (unpaired) electrons. The lowest BCUT2D eigenvalue weighted by molar-refractivity contribution is -0.132. The van der Waals surface area contributed by atoms with Crippen LogP contribution in [0, 0.1) is 0 Å². The summed E-state index contributed by atoms with van der Waals surface area (Å²) < 4.78 is 9.84. The summed E-state index contributed by atoms with van der Waals surface area (Å²) in [6, 6.07) is 18.1. The highest BCUT2D eigenvalue weighted by Crippen LogP contribution is 2.23. The van der Waals surface area contributed by atoms with Gasteiger partial charge in [0.25, 0.3) is 0 Å². The summed E-state index contributed by atoms with van der Waals surface area (Å²) in [4.78, 5) is 21.7. The molecule has 4 rings (SSSR count). The first-order valence-corrected chi connectivity index (χ1v) is 10.9. The first-order chi connectivity index (χ1) is 14.6. The third-order valence-corrected chi connectivity index (χ3v) is 6.19. The summed E-state index contributed by atoms with van der Waals surface area (Å²) >= 11 is 1.43. The lowest BCUT2D eigenvalue weighted by atomic mass is 10.1. The Hall–Kier alpha value is -2.93. The maximum Gasteiger partial charge on any atom is 0.227 e. The third kappa shape index (κ3) is 4.79. The standard InChI is InChI=1S/C23H26N4O2S/c1-17-16-26(11-12-27(17)22(28)15-18-7-4-3-5-8-18)23-24-21(25-30-23)14-19-9-6-10-20(13-19)29-2/h3-10,13,17H,11-12,14-16H2,1-2H3/t17-/m1/s1. The van der Waals surface area contributed by atoms with E-state index in [2.05, 4.69) is 22.3 Å². The normalized spacial score (nSPS) is 16.5. The van der Waals surface area contributed by atoms with Crippen molar-refractivity contribution in [1.29, 1.82) is 0 Å². The highest BCUT2D eigenvalue weighted by molar-refractivity contribution is 7.09. The van der Waals surface area contributed by atoms with Gasteiger partial charge in [-0.2, -0.15) is 4.37 Å². The second-order valence-corrected chi connectivity index (χ2v) is 8.30. The predicted octanol–water partition coefficient (Wildman–Crippen LogP) is 3.42. The number of aromatic nitrogens is 2. The second kappa shape index (κ2) is 9.26. The summed E-state index contributed by atoms with van der Waals surface area (Å²) in [7, 11) is 1.67. The van der Waals surface area contributed by atoms with Gasteiger partial charge in [0, 0.05) is 43.6 Å². The highest BCUT2D eigenvalue weighted by Gasteiger charge is 2.28. The zero-order chi connectivity index (χ0) is 20.9. The fourth-order valence-electron chi connectivity index (χ4n) is 3.78. The maximum atomic E-state index is 12.8. The Bertz CT molecular complexity index is 992. The van der Waals surface area contributed by atoms with Crippen LogP contribution in [0.25, 0.3) is 0 Å². The van der Waals surface area contributed by atoms with E-state index >= 15 is 0 Å². The number of hydrogen-bond acceptors (Lipinski definition) is 6. The minimum Gasteiger partial charge on any atom is -0.497 e. The van der Waals surface area contributed by atoms with E-state index in [9.17, 15) is 4.79 Å². The van der Waals surface area contributed by atoms with Gasteiger partial charge in [-0.3, -0.25) is 4.79 Å². The van der Waals surface area contributed by atoms with Crippen LogP contribution in [0.3, 0.4) is 0 Å². The number of benzene rings is 2. The molecule has 0 unspecified atom stereocenters. The number of nitrogens with zero attached hydrogens (tertiary/aromatic N) is 4. The molecule has 0 aliphatic carbocycles. The third-order valence-electron chi connectivity index (χ3n) is 5.37. The topological polar surface area (TPSA) is 58.6 Å². The lowest BCUT2D eigenvalue weighted by Crippen LogP contribution is -2.54. The number of piperazine rings is 1. The molecule has 0 N–H and O–H groups in total. The Balaban J connectivity index is 1.36. The van der Waals surface area contributed by atoms with Crippen LogP contribution in [0.4, 0.5) is 5.13 Å². The summed E-state index contributed by atoms with van der Waals surface area (Å²) in [6.45, 7) is 4.36. The number of rotatable bonds is 6. The minimum absolute atomic E-state index is 0.140. The Kier molecular flexibility index (Phi) is 6.28. The quantitative estimate of drug-likeness (QED) is 0.609. The maximum absolute atomic E-state index is 12.8. The van der Waals surface area contributed by atoms with Gasteiger partial charge in [-0.05, 0) is 30.2 Å². The fourth-order valence-corrected chi connectivity index (χ4v) is 4.50. The van der Waals surface area contributed by atoms with Crippen LogP contribution in [-0.2, 0) is 17.6 Å². The number of ether oxygens (including phenoxy) is 1. The van der Waals surface area contributed by atoms with Crippen molar-refractivity contribution in [2.75, 3.05) is 31.6 Å². The van der Waals surface area contributed by atoms with Gasteiger partial charge in [0.15, 0.2) is 0 Å². The summed E-state index contributed by atoms with van der Waals surface area (Å²) in [6.07, 6.45) is 1.13. The van der Waals surface area contributed by atoms with E-state index in [0.29, 0.717) is 19.4 Å². The summed E-state index contributed by atoms with van der Waals surface area (Å²) in [5.74, 6) is 1.84. The van der Waals surface area contributed by atoms with E-state index < -0.39 is 0 Å². The number of carbonyl (C=O) groups excluding carboxylic acids is 1. The molecule has 156 valence electrons. The molecule has 0 spiro atoms.